The quantitative estimate of drug-likeness (QED) is 0.364. The molecule has 1 rings (SSSR count). The minimum atomic E-state index is -0.359. The second-order valence-electron chi connectivity index (χ2n) is 3.36. The summed E-state index contributed by atoms with van der Waals surface area (Å²) in [5.74, 6) is -0.359. The zero-order valence-corrected chi connectivity index (χ0v) is 8.75. The average Bonchev–Trinajstić information content (AvgIpc) is 3.03. The van der Waals surface area contributed by atoms with Gasteiger partial charge in [-0.15, -0.1) is 0 Å². The summed E-state index contributed by atoms with van der Waals surface area (Å²) >= 11 is 0. The van der Waals surface area contributed by atoms with Crippen LogP contribution in [0.5, 0.6) is 0 Å². The SMILES string of the molecule is COCCNC(=O)/C(C#N)=C\NC1CC1. The number of ether oxygens (including phenoxy) is 1. The van der Waals surface area contributed by atoms with E-state index >= 15 is 0 Å². The average molecular weight is 209 g/mol. The van der Waals surface area contributed by atoms with E-state index < -0.39 is 0 Å². The lowest BCUT2D eigenvalue weighted by Crippen LogP contribution is -2.28. The van der Waals surface area contributed by atoms with Crippen LogP contribution >= 0.6 is 0 Å². The molecule has 0 radical (unpaired) electrons. The Labute approximate surface area is 89.1 Å². The summed E-state index contributed by atoms with van der Waals surface area (Å²) < 4.78 is 4.78. The third-order valence-electron chi connectivity index (χ3n) is 2.00. The van der Waals surface area contributed by atoms with E-state index in [0.29, 0.717) is 19.2 Å². The predicted molar refractivity (Wildman–Crippen MR) is 54.7 cm³/mol. The number of amides is 1. The van der Waals surface area contributed by atoms with Crippen molar-refractivity contribution in [1.29, 1.82) is 5.26 Å². The summed E-state index contributed by atoms with van der Waals surface area (Å²) in [6, 6.07) is 2.30. The van der Waals surface area contributed by atoms with Crippen LogP contribution in [0, 0.1) is 11.3 Å². The molecule has 0 aromatic carbocycles. The summed E-state index contributed by atoms with van der Waals surface area (Å²) in [6.45, 7) is 0.859. The van der Waals surface area contributed by atoms with Crippen molar-refractivity contribution in [3.05, 3.63) is 11.8 Å². The number of nitrogens with one attached hydrogen (secondary N) is 2. The molecule has 1 fully saturated rings. The molecule has 2 N–H and O–H groups in total. The van der Waals surface area contributed by atoms with Crippen LogP contribution in [0.1, 0.15) is 12.8 Å². The monoisotopic (exact) mass is 209 g/mol. The van der Waals surface area contributed by atoms with Gasteiger partial charge >= 0.3 is 0 Å². The van der Waals surface area contributed by atoms with Gasteiger partial charge < -0.3 is 15.4 Å². The second kappa shape index (κ2) is 6.04. The van der Waals surface area contributed by atoms with Crippen LogP contribution < -0.4 is 10.6 Å². The van der Waals surface area contributed by atoms with Gasteiger partial charge in [0.2, 0.25) is 0 Å². The maximum atomic E-state index is 11.4. The predicted octanol–water partition coefficient (Wildman–Crippen LogP) is -0.0915. The van der Waals surface area contributed by atoms with Crippen molar-refractivity contribution in [1.82, 2.24) is 10.6 Å². The number of rotatable bonds is 6. The fourth-order valence-corrected chi connectivity index (χ4v) is 0.962. The van der Waals surface area contributed by atoms with Gasteiger partial charge in [0, 0.05) is 25.9 Å². The number of carbonyl (C=O) groups excluding carboxylic acids is 1. The molecule has 15 heavy (non-hydrogen) atoms. The lowest BCUT2D eigenvalue weighted by atomic mass is 10.3. The van der Waals surface area contributed by atoms with Gasteiger partial charge in [0.05, 0.1) is 6.61 Å². The minimum Gasteiger partial charge on any atom is -0.387 e. The number of nitriles is 1. The van der Waals surface area contributed by atoms with E-state index in [4.69, 9.17) is 10.00 Å². The Morgan fingerprint density at radius 2 is 2.40 bits per heavy atom. The molecule has 0 unspecified atom stereocenters. The highest BCUT2D eigenvalue weighted by atomic mass is 16.5. The third-order valence-corrected chi connectivity index (χ3v) is 2.00. The maximum Gasteiger partial charge on any atom is 0.263 e. The molecule has 1 saturated carbocycles. The topological polar surface area (TPSA) is 74.1 Å². The molecule has 5 heteroatoms. The van der Waals surface area contributed by atoms with Crippen molar-refractivity contribution in [2.75, 3.05) is 20.3 Å². The number of hydrogen-bond acceptors (Lipinski definition) is 4. The van der Waals surface area contributed by atoms with Crippen LogP contribution in [0.3, 0.4) is 0 Å². The standard InChI is InChI=1S/C10H15N3O2/c1-15-5-4-12-10(14)8(6-11)7-13-9-2-3-9/h7,9,13H,2-5H2,1H3,(H,12,14)/b8-7-. The normalized spacial score (nSPS) is 15.6. The number of nitrogens with zero attached hydrogens (tertiary/aromatic N) is 1. The molecule has 0 aliphatic heterocycles. The molecule has 0 bridgehead atoms. The van der Waals surface area contributed by atoms with Crippen LogP contribution in [0.4, 0.5) is 0 Å². The lowest BCUT2D eigenvalue weighted by Gasteiger charge is -2.03. The molecular weight excluding hydrogens is 194 g/mol. The van der Waals surface area contributed by atoms with Crippen LogP contribution in [0.25, 0.3) is 0 Å². The minimum absolute atomic E-state index is 0.109. The molecule has 0 aromatic rings. The fraction of sp³-hybridized carbons (Fsp3) is 0.600. The van der Waals surface area contributed by atoms with Crippen molar-refractivity contribution in [2.24, 2.45) is 0 Å². The summed E-state index contributed by atoms with van der Waals surface area (Å²) in [7, 11) is 1.56. The molecule has 0 spiro atoms. The number of carbonyl (C=O) groups is 1. The third kappa shape index (κ3) is 4.47. The van der Waals surface area contributed by atoms with E-state index in [-0.39, 0.29) is 11.5 Å². The first-order valence-corrected chi connectivity index (χ1v) is 4.91. The molecule has 1 amide bonds. The van der Waals surface area contributed by atoms with Crippen LogP contribution in [-0.2, 0) is 9.53 Å². The molecule has 0 aromatic heterocycles. The summed E-state index contributed by atoms with van der Waals surface area (Å²) in [5.41, 5.74) is 0.109. The largest absolute Gasteiger partial charge is 0.387 e. The number of methoxy groups -OCH3 is 1. The van der Waals surface area contributed by atoms with E-state index in [2.05, 4.69) is 10.6 Å². The van der Waals surface area contributed by atoms with Crippen molar-refractivity contribution in [3.63, 3.8) is 0 Å². The molecule has 0 atom stereocenters. The van der Waals surface area contributed by atoms with Crippen LogP contribution in [0.15, 0.2) is 11.8 Å². The number of hydrogen-bond donors (Lipinski definition) is 2. The summed E-state index contributed by atoms with van der Waals surface area (Å²) in [6.07, 6.45) is 3.71. The van der Waals surface area contributed by atoms with Gasteiger partial charge in [0.1, 0.15) is 11.6 Å². The molecule has 1 aliphatic carbocycles. The Hall–Kier alpha value is -1.54. The van der Waals surface area contributed by atoms with Gasteiger partial charge in [0.25, 0.3) is 5.91 Å². The van der Waals surface area contributed by atoms with Crippen LogP contribution in [0.2, 0.25) is 0 Å². The Bertz CT molecular complexity index is 290. The lowest BCUT2D eigenvalue weighted by molar-refractivity contribution is -0.117. The van der Waals surface area contributed by atoms with Gasteiger partial charge in [-0.3, -0.25) is 4.79 Å². The summed E-state index contributed by atoms with van der Waals surface area (Å²) in [5, 5.41) is 14.3. The van der Waals surface area contributed by atoms with Crippen LogP contribution in [-0.4, -0.2) is 32.2 Å². The van der Waals surface area contributed by atoms with Gasteiger partial charge in [-0.25, -0.2) is 0 Å². The van der Waals surface area contributed by atoms with Crippen molar-refractivity contribution in [3.8, 4) is 6.07 Å². The zero-order chi connectivity index (χ0) is 11.1. The first kappa shape index (κ1) is 11.5. The Kier molecular flexibility index (Phi) is 4.64. The highest BCUT2D eigenvalue weighted by Gasteiger charge is 2.20. The fourth-order valence-electron chi connectivity index (χ4n) is 0.962. The highest BCUT2D eigenvalue weighted by Crippen LogP contribution is 2.18. The van der Waals surface area contributed by atoms with Crippen molar-refractivity contribution >= 4 is 5.91 Å². The first-order chi connectivity index (χ1) is 7.27. The van der Waals surface area contributed by atoms with E-state index in [1.165, 1.54) is 6.20 Å². The molecule has 0 heterocycles. The molecule has 5 nitrogen and oxygen atoms in total. The van der Waals surface area contributed by atoms with E-state index in [1.807, 2.05) is 6.07 Å². The maximum absolute atomic E-state index is 11.4. The molecule has 82 valence electrons. The van der Waals surface area contributed by atoms with Gasteiger partial charge in [-0.05, 0) is 12.8 Å². The van der Waals surface area contributed by atoms with Gasteiger partial charge in [-0.1, -0.05) is 0 Å². The van der Waals surface area contributed by atoms with Gasteiger partial charge in [0.15, 0.2) is 0 Å². The van der Waals surface area contributed by atoms with E-state index in [1.54, 1.807) is 7.11 Å². The second-order valence-corrected chi connectivity index (χ2v) is 3.36. The van der Waals surface area contributed by atoms with E-state index in [0.717, 1.165) is 12.8 Å². The molecular formula is C10H15N3O2. The van der Waals surface area contributed by atoms with Crippen molar-refractivity contribution < 1.29 is 9.53 Å². The Morgan fingerprint density at radius 3 is 2.93 bits per heavy atom. The Balaban J connectivity index is 2.32. The smallest absolute Gasteiger partial charge is 0.263 e. The molecule has 1 aliphatic rings. The highest BCUT2D eigenvalue weighted by molar-refractivity contribution is 5.97. The first-order valence-electron chi connectivity index (χ1n) is 4.91. The molecule has 0 saturated heterocycles. The summed E-state index contributed by atoms with van der Waals surface area (Å²) in [4.78, 5) is 11.4. The Morgan fingerprint density at radius 1 is 1.67 bits per heavy atom. The zero-order valence-electron chi connectivity index (χ0n) is 8.75. The van der Waals surface area contributed by atoms with Gasteiger partial charge in [-0.2, -0.15) is 5.26 Å². The van der Waals surface area contributed by atoms with Crippen molar-refractivity contribution in [2.45, 2.75) is 18.9 Å². The van der Waals surface area contributed by atoms with E-state index in [9.17, 15) is 4.79 Å².